The van der Waals surface area contributed by atoms with Crippen LogP contribution in [0.1, 0.15) is 18.9 Å². The first-order valence-electron chi connectivity index (χ1n) is 5.01. The van der Waals surface area contributed by atoms with Gasteiger partial charge in [0.05, 0.1) is 14.2 Å². The Hall–Kier alpha value is -1.71. The van der Waals surface area contributed by atoms with Crippen molar-refractivity contribution in [3.8, 4) is 17.2 Å². The van der Waals surface area contributed by atoms with Gasteiger partial charge in [0.2, 0.25) is 5.75 Å². The predicted octanol–water partition coefficient (Wildman–Crippen LogP) is 1.93. The standard InChI is InChI=1S/C12H16O4/c1-8(13)4-5-9-6-10(14)12(16-3)11(7-9)15-2/h6-7,14H,4-5H2,1-3H3. The van der Waals surface area contributed by atoms with E-state index in [0.29, 0.717) is 24.3 Å². The van der Waals surface area contributed by atoms with E-state index in [9.17, 15) is 9.90 Å². The molecule has 0 fully saturated rings. The maximum absolute atomic E-state index is 10.9. The van der Waals surface area contributed by atoms with Crippen LogP contribution in [0.3, 0.4) is 0 Å². The highest BCUT2D eigenvalue weighted by Crippen LogP contribution is 2.37. The van der Waals surface area contributed by atoms with Crippen LogP contribution in [-0.2, 0) is 11.2 Å². The van der Waals surface area contributed by atoms with Gasteiger partial charge in [-0.3, -0.25) is 0 Å². The van der Waals surface area contributed by atoms with Crippen LogP contribution < -0.4 is 9.47 Å². The molecule has 0 unspecified atom stereocenters. The Labute approximate surface area is 94.8 Å². The molecule has 4 heteroatoms. The van der Waals surface area contributed by atoms with E-state index in [-0.39, 0.29) is 11.5 Å². The molecule has 0 spiro atoms. The molecule has 0 atom stereocenters. The van der Waals surface area contributed by atoms with Gasteiger partial charge in [0, 0.05) is 6.42 Å². The highest BCUT2D eigenvalue weighted by molar-refractivity contribution is 5.75. The lowest BCUT2D eigenvalue weighted by Gasteiger charge is -2.11. The second kappa shape index (κ2) is 5.39. The van der Waals surface area contributed by atoms with E-state index in [0.717, 1.165) is 5.56 Å². The lowest BCUT2D eigenvalue weighted by molar-refractivity contribution is -0.116. The highest BCUT2D eigenvalue weighted by atomic mass is 16.5. The molecule has 0 amide bonds. The van der Waals surface area contributed by atoms with Crippen molar-refractivity contribution in [2.75, 3.05) is 14.2 Å². The molecule has 0 aromatic heterocycles. The normalized spacial score (nSPS) is 9.94. The molecule has 88 valence electrons. The van der Waals surface area contributed by atoms with Crippen molar-refractivity contribution in [2.45, 2.75) is 19.8 Å². The summed E-state index contributed by atoms with van der Waals surface area (Å²) < 4.78 is 10.1. The fourth-order valence-electron chi connectivity index (χ4n) is 1.46. The zero-order chi connectivity index (χ0) is 12.1. The van der Waals surface area contributed by atoms with E-state index in [4.69, 9.17) is 9.47 Å². The summed E-state index contributed by atoms with van der Waals surface area (Å²) in [7, 11) is 2.97. The minimum atomic E-state index is 0.0282. The van der Waals surface area contributed by atoms with Gasteiger partial charge in [0.1, 0.15) is 5.78 Å². The number of phenols is 1. The second-order valence-corrected chi connectivity index (χ2v) is 3.55. The maximum atomic E-state index is 10.9. The van der Waals surface area contributed by atoms with Crippen LogP contribution in [0.2, 0.25) is 0 Å². The maximum Gasteiger partial charge on any atom is 0.203 e. The molecule has 1 aromatic rings. The number of hydrogen-bond donors (Lipinski definition) is 1. The van der Waals surface area contributed by atoms with Gasteiger partial charge in [-0.25, -0.2) is 0 Å². The number of aromatic hydroxyl groups is 1. The van der Waals surface area contributed by atoms with Gasteiger partial charge in [-0.05, 0) is 31.0 Å². The van der Waals surface area contributed by atoms with Crippen molar-refractivity contribution in [2.24, 2.45) is 0 Å². The lowest BCUT2D eigenvalue weighted by Crippen LogP contribution is -1.96. The number of benzene rings is 1. The van der Waals surface area contributed by atoms with Gasteiger partial charge in [0.25, 0.3) is 0 Å². The molecule has 1 N–H and O–H groups in total. The van der Waals surface area contributed by atoms with Crippen LogP contribution in [0.4, 0.5) is 0 Å². The average molecular weight is 224 g/mol. The summed E-state index contributed by atoms with van der Waals surface area (Å²) in [5.41, 5.74) is 0.852. The van der Waals surface area contributed by atoms with Crippen molar-refractivity contribution < 1.29 is 19.4 Å². The molecule has 0 radical (unpaired) electrons. The molecule has 1 aromatic carbocycles. The number of phenolic OH excluding ortho intramolecular Hbond substituents is 1. The van der Waals surface area contributed by atoms with Crippen LogP contribution in [-0.4, -0.2) is 25.1 Å². The molecular weight excluding hydrogens is 208 g/mol. The SMILES string of the molecule is COc1cc(CCC(C)=O)cc(O)c1OC. The van der Waals surface area contributed by atoms with Gasteiger partial charge in [-0.1, -0.05) is 0 Å². The first-order valence-corrected chi connectivity index (χ1v) is 5.01. The Morgan fingerprint density at radius 1 is 1.31 bits per heavy atom. The minimum absolute atomic E-state index is 0.0282. The van der Waals surface area contributed by atoms with E-state index in [2.05, 4.69) is 0 Å². The first-order chi connectivity index (χ1) is 7.58. The molecule has 0 heterocycles. The summed E-state index contributed by atoms with van der Waals surface area (Å²) in [4.78, 5) is 10.9. The van der Waals surface area contributed by atoms with Crippen LogP contribution in [0.15, 0.2) is 12.1 Å². The lowest BCUT2D eigenvalue weighted by atomic mass is 10.1. The zero-order valence-electron chi connectivity index (χ0n) is 9.74. The Kier molecular flexibility index (Phi) is 4.17. The molecule has 1 rings (SSSR count). The summed E-state index contributed by atoms with van der Waals surface area (Å²) >= 11 is 0. The van der Waals surface area contributed by atoms with E-state index >= 15 is 0 Å². The summed E-state index contributed by atoms with van der Waals surface area (Å²) in [6.45, 7) is 1.54. The van der Waals surface area contributed by atoms with E-state index < -0.39 is 0 Å². The second-order valence-electron chi connectivity index (χ2n) is 3.55. The Morgan fingerprint density at radius 2 is 2.00 bits per heavy atom. The summed E-state index contributed by atoms with van der Waals surface area (Å²) in [5.74, 6) is 0.935. The number of aryl methyl sites for hydroxylation is 1. The fourth-order valence-corrected chi connectivity index (χ4v) is 1.46. The molecule has 4 nitrogen and oxygen atoms in total. The third-order valence-corrected chi connectivity index (χ3v) is 2.28. The molecule has 0 aliphatic heterocycles. The minimum Gasteiger partial charge on any atom is -0.504 e. The molecule has 16 heavy (non-hydrogen) atoms. The Balaban J connectivity index is 2.96. The van der Waals surface area contributed by atoms with Gasteiger partial charge in [0.15, 0.2) is 11.5 Å². The van der Waals surface area contributed by atoms with Crippen molar-refractivity contribution in [1.82, 2.24) is 0 Å². The van der Waals surface area contributed by atoms with E-state index in [1.807, 2.05) is 0 Å². The van der Waals surface area contributed by atoms with E-state index in [1.165, 1.54) is 14.2 Å². The molecule has 0 saturated heterocycles. The van der Waals surface area contributed by atoms with Gasteiger partial charge in [-0.15, -0.1) is 0 Å². The third kappa shape index (κ3) is 2.89. The number of carbonyl (C=O) groups is 1. The number of methoxy groups -OCH3 is 2. The predicted molar refractivity (Wildman–Crippen MR) is 60.2 cm³/mol. The third-order valence-electron chi connectivity index (χ3n) is 2.28. The monoisotopic (exact) mass is 224 g/mol. The van der Waals surface area contributed by atoms with Crippen LogP contribution in [0.5, 0.6) is 17.2 Å². The average Bonchev–Trinajstić information content (AvgIpc) is 2.25. The van der Waals surface area contributed by atoms with Crippen molar-refractivity contribution in [3.05, 3.63) is 17.7 Å². The number of carbonyl (C=O) groups excluding carboxylic acids is 1. The Bertz CT molecular complexity index is 385. The van der Waals surface area contributed by atoms with E-state index in [1.54, 1.807) is 19.1 Å². The van der Waals surface area contributed by atoms with Crippen LogP contribution in [0, 0.1) is 0 Å². The fraction of sp³-hybridized carbons (Fsp3) is 0.417. The number of ketones is 1. The van der Waals surface area contributed by atoms with Gasteiger partial charge >= 0.3 is 0 Å². The van der Waals surface area contributed by atoms with Crippen LogP contribution >= 0.6 is 0 Å². The van der Waals surface area contributed by atoms with Gasteiger partial charge < -0.3 is 19.4 Å². The summed E-state index contributed by atoms with van der Waals surface area (Å²) in [6.07, 6.45) is 1.04. The van der Waals surface area contributed by atoms with Crippen LogP contribution in [0.25, 0.3) is 0 Å². The topological polar surface area (TPSA) is 55.8 Å². The molecule has 0 aliphatic carbocycles. The number of Topliss-reactive ketones (excluding diaryl/α,β-unsaturated/α-hetero) is 1. The highest BCUT2D eigenvalue weighted by Gasteiger charge is 2.11. The zero-order valence-corrected chi connectivity index (χ0v) is 9.74. The van der Waals surface area contributed by atoms with Crippen molar-refractivity contribution in [1.29, 1.82) is 0 Å². The molecule has 0 saturated carbocycles. The van der Waals surface area contributed by atoms with Gasteiger partial charge in [-0.2, -0.15) is 0 Å². The summed E-state index contributed by atoms with van der Waals surface area (Å²) in [6, 6.07) is 3.35. The van der Waals surface area contributed by atoms with Crippen molar-refractivity contribution in [3.63, 3.8) is 0 Å². The molecule has 0 aliphatic rings. The summed E-state index contributed by atoms with van der Waals surface area (Å²) in [5, 5.41) is 9.68. The number of hydrogen-bond acceptors (Lipinski definition) is 4. The van der Waals surface area contributed by atoms with Crippen molar-refractivity contribution >= 4 is 5.78 Å². The first kappa shape index (κ1) is 12.4. The largest absolute Gasteiger partial charge is 0.504 e. The number of ether oxygens (including phenoxy) is 2. The smallest absolute Gasteiger partial charge is 0.203 e. The molecular formula is C12H16O4. The Morgan fingerprint density at radius 3 is 2.50 bits per heavy atom. The molecule has 0 bridgehead atoms. The quantitative estimate of drug-likeness (QED) is 0.830. The number of rotatable bonds is 5.